The van der Waals surface area contributed by atoms with Crippen molar-refractivity contribution < 1.29 is 0 Å². The molecule has 4 rings (SSSR count). The molecule has 0 radical (unpaired) electrons. The Hall–Kier alpha value is -0.0800. The van der Waals surface area contributed by atoms with Crippen molar-refractivity contribution >= 4 is 0 Å². The molecule has 0 saturated heterocycles. The van der Waals surface area contributed by atoms with Crippen molar-refractivity contribution in [2.45, 2.75) is 58.4 Å². The number of hydrazine groups is 1. The number of rotatable bonds is 3. The van der Waals surface area contributed by atoms with Gasteiger partial charge in [-0.3, -0.25) is 11.3 Å². The van der Waals surface area contributed by atoms with Crippen LogP contribution in [0.3, 0.4) is 0 Å². The van der Waals surface area contributed by atoms with Crippen LogP contribution in [0.25, 0.3) is 0 Å². The maximum Gasteiger partial charge on any atom is 0.0290 e. The van der Waals surface area contributed by atoms with Crippen molar-refractivity contribution in [1.82, 2.24) is 5.43 Å². The van der Waals surface area contributed by atoms with E-state index in [9.17, 15) is 0 Å². The molecule has 0 heterocycles. The Bertz CT molecular complexity index is 237. The van der Waals surface area contributed by atoms with Crippen LogP contribution in [0.2, 0.25) is 0 Å². The summed E-state index contributed by atoms with van der Waals surface area (Å²) in [4.78, 5) is 0. The van der Waals surface area contributed by atoms with Crippen LogP contribution in [0.1, 0.15) is 52.4 Å². The van der Waals surface area contributed by atoms with Crippen LogP contribution in [0, 0.1) is 29.1 Å². The standard InChI is InChI=1S/C14H26N2/c1-9(2)13(16-15)14-6-10-3-11(7-14)5-12(4-10)8-14/h9-13,16H,3-8,15H2,1-2H3. The molecule has 2 nitrogen and oxygen atoms in total. The van der Waals surface area contributed by atoms with Crippen molar-refractivity contribution in [2.24, 2.45) is 34.9 Å². The Morgan fingerprint density at radius 2 is 1.44 bits per heavy atom. The van der Waals surface area contributed by atoms with E-state index in [0.29, 0.717) is 17.4 Å². The molecule has 4 bridgehead atoms. The fourth-order valence-electron chi connectivity index (χ4n) is 5.63. The molecule has 92 valence electrons. The molecule has 4 aliphatic rings. The monoisotopic (exact) mass is 222 g/mol. The summed E-state index contributed by atoms with van der Waals surface area (Å²) in [5.74, 6) is 9.60. The summed E-state index contributed by atoms with van der Waals surface area (Å²) in [7, 11) is 0. The van der Waals surface area contributed by atoms with Gasteiger partial charge in [-0.15, -0.1) is 0 Å². The number of nitrogens with one attached hydrogen (secondary N) is 1. The van der Waals surface area contributed by atoms with Crippen molar-refractivity contribution in [3.05, 3.63) is 0 Å². The Balaban J connectivity index is 1.87. The maximum absolute atomic E-state index is 5.85. The van der Waals surface area contributed by atoms with Gasteiger partial charge in [0.05, 0.1) is 0 Å². The summed E-state index contributed by atoms with van der Waals surface area (Å²) in [5, 5.41) is 0. The molecule has 16 heavy (non-hydrogen) atoms. The molecule has 0 spiro atoms. The van der Waals surface area contributed by atoms with Gasteiger partial charge in [0.1, 0.15) is 0 Å². The van der Waals surface area contributed by atoms with Crippen molar-refractivity contribution in [3.63, 3.8) is 0 Å². The Labute approximate surface area is 99.3 Å². The first-order chi connectivity index (χ1) is 7.63. The van der Waals surface area contributed by atoms with Crippen molar-refractivity contribution in [1.29, 1.82) is 0 Å². The molecule has 0 aliphatic heterocycles. The molecule has 3 N–H and O–H groups in total. The highest BCUT2D eigenvalue weighted by molar-refractivity contribution is 5.06. The van der Waals surface area contributed by atoms with Crippen molar-refractivity contribution in [2.75, 3.05) is 0 Å². The predicted octanol–water partition coefficient (Wildman–Crippen LogP) is 2.69. The summed E-state index contributed by atoms with van der Waals surface area (Å²) in [5.41, 5.74) is 3.71. The summed E-state index contributed by atoms with van der Waals surface area (Å²) < 4.78 is 0. The van der Waals surface area contributed by atoms with Crippen molar-refractivity contribution in [3.8, 4) is 0 Å². The lowest BCUT2D eigenvalue weighted by Crippen LogP contribution is -2.59. The topological polar surface area (TPSA) is 38.0 Å². The quantitative estimate of drug-likeness (QED) is 0.569. The Morgan fingerprint density at radius 1 is 1.00 bits per heavy atom. The SMILES string of the molecule is CC(C)C(NN)C12CC3CC(CC(C3)C1)C2. The second kappa shape index (κ2) is 3.71. The van der Waals surface area contributed by atoms with Gasteiger partial charge in [0.15, 0.2) is 0 Å². The third-order valence-corrected chi connectivity index (χ3v) is 5.59. The third kappa shape index (κ3) is 1.53. The summed E-state index contributed by atoms with van der Waals surface area (Å²) in [6.07, 6.45) is 8.92. The molecular formula is C14H26N2. The Kier molecular flexibility index (Phi) is 2.56. The molecule has 0 amide bonds. The van der Waals surface area contributed by atoms with Crippen LogP contribution < -0.4 is 11.3 Å². The van der Waals surface area contributed by atoms with Crippen LogP contribution >= 0.6 is 0 Å². The Morgan fingerprint density at radius 3 is 1.75 bits per heavy atom. The highest BCUT2D eigenvalue weighted by Crippen LogP contribution is 2.61. The summed E-state index contributed by atoms with van der Waals surface area (Å²) >= 11 is 0. The second-order valence-corrected chi connectivity index (χ2v) is 7.17. The van der Waals surface area contributed by atoms with Crippen LogP contribution in [0.5, 0.6) is 0 Å². The molecule has 0 aromatic heterocycles. The van der Waals surface area contributed by atoms with E-state index in [1.807, 2.05) is 0 Å². The number of hydrogen-bond acceptors (Lipinski definition) is 2. The zero-order valence-electron chi connectivity index (χ0n) is 10.7. The van der Waals surface area contributed by atoms with Gasteiger partial charge in [-0.1, -0.05) is 13.8 Å². The van der Waals surface area contributed by atoms with E-state index in [4.69, 9.17) is 5.84 Å². The van der Waals surface area contributed by atoms with E-state index in [1.54, 1.807) is 0 Å². The van der Waals surface area contributed by atoms with E-state index in [1.165, 1.54) is 38.5 Å². The van der Waals surface area contributed by atoms with Gasteiger partial charge in [0.2, 0.25) is 0 Å². The first kappa shape index (κ1) is 11.0. The molecule has 1 atom stereocenters. The first-order valence-electron chi connectivity index (χ1n) is 7.09. The molecule has 0 aromatic carbocycles. The third-order valence-electron chi connectivity index (χ3n) is 5.59. The smallest absolute Gasteiger partial charge is 0.0290 e. The van der Waals surface area contributed by atoms with Gasteiger partial charge in [0.25, 0.3) is 0 Å². The normalized spacial score (nSPS) is 47.6. The van der Waals surface area contributed by atoms with Gasteiger partial charge in [-0.05, 0) is 67.6 Å². The first-order valence-corrected chi connectivity index (χ1v) is 7.09. The predicted molar refractivity (Wildman–Crippen MR) is 66.6 cm³/mol. The number of nitrogens with two attached hydrogens (primary N) is 1. The van der Waals surface area contributed by atoms with Gasteiger partial charge < -0.3 is 0 Å². The van der Waals surface area contributed by atoms with E-state index in [2.05, 4.69) is 19.3 Å². The number of hydrogen-bond donors (Lipinski definition) is 2. The molecule has 1 unspecified atom stereocenters. The average Bonchev–Trinajstić information content (AvgIpc) is 2.14. The molecule has 4 saturated carbocycles. The molecule has 4 fully saturated rings. The lowest BCUT2D eigenvalue weighted by atomic mass is 9.47. The average molecular weight is 222 g/mol. The molecular weight excluding hydrogens is 196 g/mol. The highest BCUT2D eigenvalue weighted by Gasteiger charge is 2.54. The molecule has 2 heteroatoms. The van der Waals surface area contributed by atoms with Gasteiger partial charge in [0, 0.05) is 6.04 Å². The van der Waals surface area contributed by atoms with Crippen LogP contribution in [0.4, 0.5) is 0 Å². The fourth-order valence-corrected chi connectivity index (χ4v) is 5.63. The van der Waals surface area contributed by atoms with Crippen LogP contribution in [-0.2, 0) is 0 Å². The largest absolute Gasteiger partial charge is 0.271 e. The minimum atomic E-state index is 0.542. The van der Waals surface area contributed by atoms with Gasteiger partial charge in [-0.2, -0.15) is 0 Å². The lowest BCUT2D eigenvalue weighted by Gasteiger charge is -2.60. The second-order valence-electron chi connectivity index (χ2n) is 7.17. The summed E-state index contributed by atoms with van der Waals surface area (Å²) in [6.45, 7) is 4.65. The lowest BCUT2D eigenvalue weighted by molar-refractivity contribution is -0.0823. The summed E-state index contributed by atoms with van der Waals surface area (Å²) in [6, 6.07) is 0.542. The van der Waals surface area contributed by atoms with E-state index in [0.717, 1.165) is 17.8 Å². The van der Waals surface area contributed by atoms with Gasteiger partial charge >= 0.3 is 0 Å². The maximum atomic E-state index is 5.85. The van der Waals surface area contributed by atoms with E-state index in [-0.39, 0.29) is 0 Å². The molecule has 0 aromatic rings. The van der Waals surface area contributed by atoms with E-state index < -0.39 is 0 Å². The van der Waals surface area contributed by atoms with E-state index >= 15 is 0 Å². The van der Waals surface area contributed by atoms with Crippen LogP contribution in [-0.4, -0.2) is 6.04 Å². The highest BCUT2D eigenvalue weighted by atomic mass is 15.2. The molecule has 4 aliphatic carbocycles. The fraction of sp³-hybridized carbons (Fsp3) is 1.00. The van der Waals surface area contributed by atoms with Gasteiger partial charge in [-0.25, -0.2) is 0 Å². The zero-order valence-corrected chi connectivity index (χ0v) is 10.7. The minimum absolute atomic E-state index is 0.542. The van der Waals surface area contributed by atoms with Crippen LogP contribution in [0.15, 0.2) is 0 Å². The minimum Gasteiger partial charge on any atom is -0.271 e. The zero-order chi connectivity index (χ0) is 11.3.